The Bertz CT molecular complexity index is 828. The van der Waals surface area contributed by atoms with Gasteiger partial charge in [-0.25, -0.2) is 4.98 Å². The van der Waals surface area contributed by atoms with E-state index >= 15 is 0 Å². The number of alkyl halides is 1. The Morgan fingerprint density at radius 2 is 1.71 bits per heavy atom. The number of amides is 2. The molecule has 0 spiro atoms. The highest BCUT2D eigenvalue weighted by molar-refractivity contribution is 6.48. The number of ketones is 2. The largest absolute Gasteiger partial charge is 0.481 e. The minimum Gasteiger partial charge on any atom is -0.481 e. The van der Waals surface area contributed by atoms with Gasteiger partial charge in [-0.3, -0.25) is 28.8 Å². The molecule has 3 atom stereocenters. The summed E-state index contributed by atoms with van der Waals surface area (Å²) >= 11 is 5.32. The molecule has 0 saturated carbocycles. The number of carboxylic acids is 2. The van der Waals surface area contributed by atoms with E-state index < -0.39 is 65.7 Å². The number of carboxylic acid groups (broad SMARTS) is 2. The molecular formula is C17H22ClN5O8. The second kappa shape index (κ2) is 12.4. The van der Waals surface area contributed by atoms with E-state index in [0.29, 0.717) is 5.69 Å². The second-order valence-electron chi connectivity index (χ2n) is 6.46. The van der Waals surface area contributed by atoms with E-state index in [2.05, 4.69) is 20.6 Å². The van der Waals surface area contributed by atoms with Gasteiger partial charge in [-0.15, -0.1) is 11.6 Å². The number of hydrogen-bond donors (Lipinski definition) is 6. The Hall–Kier alpha value is -3.32. The molecule has 14 heteroatoms. The molecular weight excluding hydrogens is 438 g/mol. The number of H-pyrrole nitrogens is 1. The van der Waals surface area contributed by atoms with Crippen LogP contribution in [0.25, 0.3) is 0 Å². The molecule has 0 radical (unpaired) electrons. The summed E-state index contributed by atoms with van der Waals surface area (Å²) in [5, 5.41) is 22.1. The van der Waals surface area contributed by atoms with Crippen molar-refractivity contribution in [3.05, 3.63) is 18.2 Å². The van der Waals surface area contributed by atoms with E-state index in [1.807, 2.05) is 0 Å². The lowest BCUT2D eigenvalue weighted by atomic mass is 10.0. The molecule has 0 saturated heterocycles. The monoisotopic (exact) mass is 459 g/mol. The van der Waals surface area contributed by atoms with Gasteiger partial charge in [0.15, 0.2) is 0 Å². The van der Waals surface area contributed by atoms with E-state index in [4.69, 9.17) is 27.5 Å². The van der Waals surface area contributed by atoms with Crippen LogP contribution in [0.2, 0.25) is 0 Å². The molecule has 0 unspecified atom stereocenters. The van der Waals surface area contributed by atoms with Crippen molar-refractivity contribution in [1.29, 1.82) is 0 Å². The number of imidazole rings is 1. The molecule has 1 aromatic heterocycles. The van der Waals surface area contributed by atoms with Crippen LogP contribution in [0.15, 0.2) is 12.5 Å². The third kappa shape index (κ3) is 8.92. The van der Waals surface area contributed by atoms with Gasteiger partial charge >= 0.3 is 11.9 Å². The first-order chi connectivity index (χ1) is 14.5. The molecule has 13 nitrogen and oxygen atoms in total. The fourth-order valence-electron chi connectivity index (χ4n) is 2.43. The predicted molar refractivity (Wildman–Crippen MR) is 104 cm³/mol. The number of carbonyl (C=O) groups excluding carboxylic acids is 4. The van der Waals surface area contributed by atoms with Crippen molar-refractivity contribution in [1.82, 2.24) is 20.6 Å². The minimum absolute atomic E-state index is 0.138. The van der Waals surface area contributed by atoms with Crippen LogP contribution in [-0.4, -0.2) is 79.5 Å². The molecule has 0 aliphatic rings. The number of carbonyl (C=O) groups is 6. The quantitative estimate of drug-likeness (QED) is 0.132. The number of aromatic amines is 1. The zero-order chi connectivity index (χ0) is 23.6. The summed E-state index contributed by atoms with van der Waals surface area (Å²) in [6.07, 6.45) is 1.11. The molecule has 7 N–H and O–H groups in total. The highest BCUT2D eigenvalue weighted by Gasteiger charge is 2.32. The molecule has 2 amide bonds. The summed E-state index contributed by atoms with van der Waals surface area (Å²) in [6, 6.07) is -4.26. The Balaban J connectivity index is 2.99. The lowest BCUT2D eigenvalue weighted by Crippen LogP contribution is -2.56. The maximum atomic E-state index is 12.7. The summed E-state index contributed by atoms with van der Waals surface area (Å²) in [5.41, 5.74) is 6.06. The Labute approximate surface area is 180 Å². The van der Waals surface area contributed by atoms with Gasteiger partial charge in [-0.2, -0.15) is 0 Å². The molecule has 0 aromatic carbocycles. The second-order valence-corrected chi connectivity index (χ2v) is 6.73. The van der Waals surface area contributed by atoms with Crippen LogP contribution in [0.5, 0.6) is 0 Å². The number of nitrogens with zero attached hydrogens (tertiary/aromatic N) is 1. The van der Waals surface area contributed by atoms with Crippen molar-refractivity contribution in [2.45, 2.75) is 43.8 Å². The molecule has 1 heterocycles. The summed E-state index contributed by atoms with van der Waals surface area (Å²) in [6.45, 7) is 0. The lowest BCUT2D eigenvalue weighted by molar-refractivity contribution is -0.143. The van der Waals surface area contributed by atoms with E-state index in [1.165, 1.54) is 12.5 Å². The number of halogens is 1. The van der Waals surface area contributed by atoms with Crippen molar-refractivity contribution in [3.8, 4) is 0 Å². The van der Waals surface area contributed by atoms with Gasteiger partial charge in [-0.1, -0.05) is 0 Å². The summed E-state index contributed by atoms with van der Waals surface area (Å²) in [7, 11) is 0. The van der Waals surface area contributed by atoms with Gasteiger partial charge in [0.25, 0.3) is 0 Å². The van der Waals surface area contributed by atoms with Crippen LogP contribution in [0.3, 0.4) is 0 Å². The molecule has 0 aliphatic heterocycles. The van der Waals surface area contributed by atoms with E-state index in [0.717, 1.165) is 0 Å². The first-order valence-electron chi connectivity index (χ1n) is 8.95. The molecule has 1 aromatic rings. The minimum atomic E-state index is -1.70. The fourth-order valence-corrected chi connectivity index (χ4v) is 2.56. The van der Waals surface area contributed by atoms with Gasteiger partial charge in [-0.05, 0) is 6.42 Å². The number of hydrogen-bond acceptors (Lipinski definition) is 8. The molecule has 170 valence electrons. The average molecular weight is 460 g/mol. The van der Waals surface area contributed by atoms with Crippen molar-refractivity contribution in [2.75, 3.05) is 5.88 Å². The van der Waals surface area contributed by atoms with Crippen LogP contribution in [0.1, 0.15) is 25.0 Å². The van der Waals surface area contributed by atoms with Gasteiger partial charge in [0.2, 0.25) is 23.4 Å². The number of Topliss-reactive ketones (excluding diaryl/α,β-unsaturated/α-hetero) is 2. The summed E-state index contributed by atoms with van der Waals surface area (Å²) < 4.78 is 0. The van der Waals surface area contributed by atoms with Crippen LogP contribution in [0.4, 0.5) is 0 Å². The number of nitrogens with one attached hydrogen (secondary N) is 3. The Kier molecular flexibility index (Phi) is 10.3. The molecule has 0 fully saturated rings. The fraction of sp³-hybridized carbons (Fsp3) is 0.471. The molecule has 0 aliphatic carbocycles. The van der Waals surface area contributed by atoms with Gasteiger partial charge < -0.3 is 31.6 Å². The highest BCUT2D eigenvalue weighted by Crippen LogP contribution is 2.04. The molecule has 31 heavy (non-hydrogen) atoms. The topological polar surface area (TPSA) is 222 Å². The number of nitrogens with two attached hydrogens (primary N) is 1. The van der Waals surface area contributed by atoms with E-state index in [-0.39, 0.29) is 19.3 Å². The Morgan fingerprint density at radius 3 is 2.23 bits per heavy atom. The molecule has 0 bridgehead atoms. The Morgan fingerprint density at radius 1 is 1.06 bits per heavy atom. The van der Waals surface area contributed by atoms with Crippen molar-refractivity contribution in [3.63, 3.8) is 0 Å². The molecule has 1 rings (SSSR count). The standard InChI is InChI=1S/C17H22ClN5O8/c18-5-12(24)15(29)10(4-14(27)28)22-17(31)11(3-8-6-20-7-21-8)23-16(30)9(19)1-2-13(25)26/h6-7,9-11H,1-5,19H2,(H,20,21)(H,22,31)(H,23,30)(H,25,26)(H,27,28)/t9-,10-,11-/m0/s1. The smallest absolute Gasteiger partial charge is 0.305 e. The van der Waals surface area contributed by atoms with E-state index in [9.17, 15) is 28.8 Å². The summed E-state index contributed by atoms with van der Waals surface area (Å²) in [4.78, 5) is 76.8. The normalized spacial score (nSPS) is 13.5. The van der Waals surface area contributed by atoms with Crippen molar-refractivity contribution in [2.24, 2.45) is 5.73 Å². The van der Waals surface area contributed by atoms with Crippen molar-refractivity contribution >= 4 is 46.9 Å². The van der Waals surface area contributed by atoms with Crippen LogP contribution < -0.4 is 16.4 Å². The number of rotatable bonds is 14. The maximum absolute atomic E-state index is 12.7. The van der Waals surface area contributed by atoms with Crippen LogP contribution >= 0.6 is 11.6 Å². The number of aliphatic carboxylic acids is 2. The van der Waals surface area contributed by atoms with Gasteiger partial charge in [0, 0.05) is 24.7 Å². The first kappa shape index (κ1) is 25.7. The zero-order valence-electron chi connectivity index (χ0n) is 16.2. The van der Waals surface area contributed by atoms with Crippen LogP contribution in [-0.2, 0) is 35.2 Å². The first-order valence-corrected chi connectivity index (χ1v) is 9.48. The predicted octanol–water partition coefficient (Wildman–Crippen LogP) is -2.03. The third-order valence-electron chi connectivity index (χ3n) is 4.03. The van der Waals surface area contributed by atoms with E-state index in [1.54, 1.807) is 0 Å². The maximum Gasteiger partial charge on any atom is 0.305 e. The average Bonchev–Trinajstić information content (AvgIpc) is 3.22. The zero-order valence-corrected chi connectivity index (χ0v) is 16.9. The van der Waals surface area contributed by atoms with Crippen molar-refractivity contribution < 1.29 is 39.0 Å². The van der Waals surface area contributed by atoms with Crippen LogP contribution in [0, 0.1) is 0 Å². The SMILES string of the molecule is N[C@@H](CCC(=O)O)C(=O)N[C@@H](Cc1cnc[nH]1)C(=O)N[C@@H](CC(=O)O)C(=O)C(=O)CCl. The summed E-state index contributed by atoms with van der Waals surface area (Å²) in [5.74, 6) is -7.39. The number of aromatic nitrogens is 2. The van der Waals surface area contributed by atoms with Gasteiger partial charge in [0.1, 0.15) is 12.1 Å². The third-order valence-corrected chi connectivity index (χ3v) is 4.27. The highest BCUT2D eigenvalue weighted by atomic mass is 35.5. The lowest BCUT2D eigenvalue weighted by Gasteiger charge is -2.22. The van der Waals surface area contributed by atoms with Gasteiger partial charge in [0.05, 0.1) is 24.7 Å².